The lowest BCUT2D eigenvalue weighted by molar-refractivity contribution is -0.150. The van der Waals surface area contributed by atoms with Crippen molar-refractivity contribution in [3.8, 4) is 0 Å². The number of nitrogens with zero attached hydrogens (tertiary/aromatic N) is 5. The number of anilines is 1. The zero-order valence-corrected chi connectivity index (χ0v) is 23.3. The molecule has 5 rings (SSSR count). The van der Waals surface area contributed by atoms with Crippen LogP contribution in [0, 0.1) is 13.8 Å². The Labute approximate surface area is 232 Å². The summed E-state index contributed by atoms with van der Waals surface area (Å²) < 4.78 is 39.6. The number of carbonyl (C=O) groups excluding carboxylic acids is 2. The highest BCUT2D eigenvalue weighted by Gasteiger charge is 2.39. The summed E-state index contributed by atoms with van der Waals surface area (Å²) in [6, 6.07) is 6.28. The van der Waals surface area contributed by atoms with Gasteiger partial charge in [-0.3, -0.25) is 14.3 Å². The quantitative estimate of drug-likeness (QED) is 0.583. The van der Waals surface area contributed by atoms with Crippen LogP contribution in [0.1, 0.15) is 65.0 Å². The normalized spacial score (nSPS) is 19.2. The number of likely N-dealkylation sites (tertiary alicyclic amines) is 1. The van der Waals surface area contributed by atoms with Gasteiger partial charge in [-0.15, -0.1) is 0 Å². The molecule has 1 aromatic carbocycles. The largest absolute Gasteiger partial charge is 0.390 e. The summed E-state index contributed by atoms with van der Waals surface area (Å²) in [5.41, 5.74) is 4.42. The highest BCUT2D eigenvalue weighted by molar-refractivity contribution is 5.94. The number of carbonyl (C=O) groups is 2. The minimum atomic E-state index is -4.32. The minimum Gasteiger partial charge on any atom is -0.390 e. The van der Waals surface area contributed by atoms with Crippen LogP contribution in [0.5, 0.6) is 0 Å². The summed E-state index contributed by atoms with van der Waals surface area (Å²) in [6.45, 7) is 7.40. The first-order valence-electron chi connectivity index (χ1n) is 14.2. The molecule has 1 aromatic heterocycles. The number of aryl methyl sites for hydroxylation is 1. The molecule has 1 aliphatic carbocycles. The van der Waals surface area contributed by atoms with E-state index in [0.717, 1.165) is 37.2 Å². The molecule has 40 heavy (non-hydrogen) atoms. The first kappa shape index (κ1) is 28.4. The molecular weight excluding hydrogens is 523 g/mol. The molecule has 8 nitrogen and oxygen atoms in total. The van der Waals surface area contributed by atoms with E-state index in [-0.39, 0.29) is 50.7 Å². The van der Waals surface area contributed by atoms with Gasteiger partial charge >= 0.3 is 6.18 Å². The lowest BCUT2D eigenvalue weighted by Crippen LogP contribution is -2.50. The van der Waals surface area contributed by atoms with E-state index in [1.807, 2.05) is 4.90 Å². The fraction of sp³-hybridized carbons (Fsp3) is 0.621. The van der Waals surface area contributed by atoms with Crippen molar-refractivity contribution >= 4 is 17.5 Å². The number of piperazine rings is 1. The number of piperidine rings is 1. The monoisotopic (exact) mass is 561 g/mol. The van der Waals surface area contributed by atoms with Crippen LogP contribution < -0.4 is 4.90 Å². The van der Waals surface area contributed by atoms with Gasteiger partial charge in [-0.05, 0) is 69.6 Å². The molecule has 0 spiro atoms. The number of aliphatic hydroxyl groups is 1. The molecule has 0 bridgehead atoms. The SMILES string of the molecule is Cc1cccc(N2CCN(C(=O)Cn3nc(C(=O)N4CCC(O)(CCC(F)(F)F)CC4)c4c3CCC4)CC2)c1C. The molecule has 3 heterocycles. The van der Waals surface area contributed by atoms with Crippen LogP contribution in [-0.2, 0) is 24.2 Å². The maximum atomic E-state index is 13.4. The van der Waals surface area contributed by atoms with Crippen molar-refractivity contribution < 1.29 is 27.9 Å². The molecule has 2 amide bonds. The van der Waals surface area contributed by atoms with Gasteiger partial charge in [-0.25, -0.2) is 0 Å². The molecule has 0 atom stereocenters. The zero-order valence-electron chi connectivity index (χ0n) is 23.3. The van der Waals surface area contributed by atoms with E-state index in [2.05, 4.69) is 42.0 Å². The first-order valence-corrected chi connectivity index (χ1v) is 14.2. The van der Waals surface area contributed by atoms with Gasteiger partial charge in [0.1, 0.15) is 6.54 Å². The van der Waals surface area contributed by atoms with E-state index in [0.29, 0.717) is 25.2 Å². The third kappa shape index (κ3) is 5.99. The second-order valence-corrected chi connectivity index (χ2v) is 11.5. The molecule has 11 heteroatoms. The van der Waals surface area contributed by atoms with Gasteiger partial charge in [0, 0.05) is 62.6 Å². The van der Waals surface area contributed by atoms with Crippen molar-refractivity contribution in [1.82, 2.24) is 19.6 Å². The molecule has 2 aliphatic heterocycles. The summed E-state index contributed by atoms with van der Waals surface area (Å²) in [6.07, 6.45) is -3.17. The second kappa shape index (κ2) is 11.1. The van der Waals surface area contributed by atoms with Gasteiger partial charge in [-0.1, -0.05) is 12.1 Å². The molecule has 3 aliphatic rings. The summed E-state index contributed by atoms with van der Waals surface area (Å²) in [4.78, 5) is 32.4. The molecule has 2 fully saturated rings. The number of aromatic nitrogens is 2. The summed E-state index contributed by atoms with van der Waals surface area (Å²) in [5.74, 6) is -0.297. The average molecular weight is 562 g/mol. The van der Waals surface area contributed by atoms with Gasteiger partial charge in [0.15, 0.2) is 5.69 Å². The minimum absolute atomic E-state index is 0.0236. The highest BCUT2D eigenvalue weighted by Crippen LogP contribution is 2.34. The van der Waals surface area contributed by atoms with Crippen LogP contribution in [0.2, 0.25) is 0 Å². The third-order valence-electron chi connectivity index (χ3n) is 8.90. The number of fused-ring (bicyclic) bond motifs is 1. The maximum absolute atomic E-state index is 13.4. The van der Waals surface area contributed by atoms with E-state index >= 15 is 0 Å². The Hall–Kier alpha value is -3.08. The van der Waals surface area contributed by atoms with Crippen LogP contribution >= 0.6 is 0 Å². The molecule has 0 unspecified atom stereocenters. The summed E-state index contributed by atoms with van der Waals surface area (Å²) >= 11 is 0. The summed E-state index contributed by atoms with van der Waals surface area (Å²) in [7, 11) is 0. The van der Waals surface area contributed by atoms with Crippen molar-refractivity contribution in [1.29, 1.82) is 0 Å². The Bertz CT molecular complexity index is 1260. The average Bonchev–Trinajstić information content (AvgIpc) is 3.53. The molecule has 0 radical (unpaired) electrons. The van der Waals surface area contributed by atoms with Crippen molar-refractivity contribution in [3.63, 3.8) is 0 Å². The van der Waals surface area contributed by atoms with Gasteiger partial charge in [0.2, 0.25) is 5.91 Å². The molecule has 2 aromatic rings. The molecule has 1 N–H and O–H groups in total. The van der Waals surface area contributed by atoms with Gasteiger partial charge in [-0.2, -0.15) is 18.3 Å². The Morgan fingerprint density at radius 3 is 2.38 bits per heavy atom. The first-order chi connectivity index (χ1) is 18.9. The molecule has 218 valence electrons. The van der Waals surface area contributed by atoms with Crippen LogP contribution in [0.3, 0.4) is 0 Å². The lowest BCUT2D eigenvalue weighted by Gasteiger charge is -2.38. The van der Waals surface area contributed by atoms with Gasteiger partial charge in [0.25, 0.3) is 5.91 Å². The van der Waals surface area contributed by atoms with E-state index in [9.17, 15) is 27.9 Å². The second-order valence-electron chi connectivity index (χ2n) is 11.5. The number of alkyl halides is 3. The Balaban J connectivity index is 1.20. The van der Waals surface area contributed by atoms with Crippen molar-refractivity contribution in [2.24, 2.45) is 0 Å². The van der Waals surface area contributed by atoms with Crippen LogP contribution in [0.25, 0.3) is 0 Å². The standard InChI is InChI=1S/C29H38F3N5O3/c1-20-5-3-7-23(21(20)2)34-15-17-35(18-16-34)25(38)19-37-24-8-4-6-22(24)26(33-37)27(39)36-13-11-28(40,12-14-36)9-10-29(30,31)32/h3,5,7,40H,4,6,8-19H2,1-2H3. The topological polar surface area (TPSA) is 81.9 Å². The Morgan fingerprint density at radius 1 is 1.00 bits per heavy atom. The number of hydrogen-bond acceptors (Lipinski definition) is 5. The Kier molecular flexibility index (Phi) is 7.87. The van der Waals surface area contributed by atoms with E-state index in [1.165, 1.54) is 16.8 Å². The van der Waals surface area contributed by atoms with Crippen molar-refractivity contribution in [3.05, 3.63) is 46.3 Å². The number of benzene rings is 1. The fourth-order valence-electron chi connectivity index (χ4n) is 6.22. The molecule has 0 saturated carbocycles. The number of rotatable bonds is 6. The molecule has 2 saturated heterocycles. The fourth-order valence-corrected chi connectivity index (χ4v) is 6.22. The van der Waals surface area contributed by atoms with Crippen molar-refractivity contribution in [2.75, 3.05) is 44.2 Å². The third-order valence-corrected chi connectivity index (χ3v) is 8.90. The predicted octanol–water partition coefficient (Wildman–Crippen LogP) is 3.65. The zero-order chi connectivity index (χ0) is 28.7. The van der Waals surface area contributed by atoms with Crippen molar-refractivity contribution in [2.45, 2.75) is 77.1 Å². The number of amides is 2. The smallest absolute Gasteiger partial charge is 0.389 e. The van der Waals surface area contributed by atoms with Crippen LogP contribution in [0.15, 0.2) is 18.2 Å². The van der Waals surface area contributed by atoms with E-state index < -0.39 is 18.2 Å². The maximum Gasteiger partial charge on any atom is 0.389 e. The predicted molar refractivity (Wildman–Crippen MR) is 144 cm³/mol. The number of halogens is 3. The van der Waals surface area contributed by atoms with E-state index in [4.69, 9.17) is 0 Å². The Morgan fingerprint density at radius 2 is 1.70 bits per heavy atom. The van der Waals surface area contributed by atoms with Crippen LogP contribution in [-0.4, -0.2) is 87.5 Å². The molecular formula is C29H38F3N5O3. The van der Waals surface area contributed by atoms with E-state index in [1.54, 1.807) is 9.58 Å². The number of hydrogen-bond donors (Lipinski definition) is 1. The van der Waals surface area contributed by atoms with Gasteiger partial charge < -0.3 is 19.8 Å². The highest BCUT2D eigenvalue weighted by atomic mass is 19.4. The van der Waals surface area contributed by atoms with Crippen LogP contribution in [0.4, 0.5) is 18.9 Å². The lowest BCUT2D eigenvalue weighted by atomic mass is 9.86. The summed E-state index contributed by atoms with van der Waals surface area (Å²) in [5, 5.41) is 15.2. The van der Waals surface area contributed by atoms with Gasteiger partial charge in [0.05, 0.1) is 5.60 Å².